The van der Waals surface area contributed by atoms with Crippen LogP contribution in [0.2, 0.25) is 10.0 Å². The van der Waals surface area contributed by atoms with E-state index in [1.54, 1.807) is 32.4 Å². The summed E-state index contributed by atoms with van der Waals surface area (Å²) in [5, 5.41) is 2.17. The summed E-state index contributed by atoms with van der Waals surface area (Å²) in [5.41, 5.74) is 1.07. The minimum absolute atomic E-state index is 0.0648. The monoisotopic (exact) mass is 416 g/mol. The molecule has 0 aliphatic carbocycles. The highest BCUT2D eigenvalue weighted by molar-refractivity contribution is 7.12. The summed E-state index contributed by atoms with van der Waals surface area (Å²) in [7, 11) is 3.21. The highest BCUT2D eigenvalue weighted by Crippen LogP contribution is 2.42. The van der Waals surface area contributed by atoms with Crippen molar-refractivity contribution in [3.8, 4) is 5.75 Å². The second-order valence-corrected chi connectivity index (χ2v) is 7.09. The van der Waals surface area contributed by atoms with E-state index in [-0.39, 0.29) is 22.1 Å². The molecule has 1 atom stereocenters. The predicted octanol–water partition coefficient (Wildman–Crippen LogP) is 4.41. The minimum atomic E-state index is -0.564. The molecule has 5 nitrogen and oxygen atoms in total. The van der Waals surface area contributed by atoms with Crippen LogP contribution in [0.5, 0.6) is 5.75 Å². The minimum Gasteiger partial charge on any atom is -0.481 e. The van der Waals surface area contributed by atoms with Gasteiger partial charge in [-0.25, -0.2) is 0 Å². The molecule has 0 saturated carbocycles. The van der Waals surface area contributed by atoms with Gasteiger partial charge in [0.25, 0.3) is 0 Å². The second kappa shape index (κ2) is 9.48. The van der Waals surface area contributed by atoms with Gasteiger partial charge < -0.3 is 14.2 Å². The molecule has 1 aromatic carbocycles. The first-order valence-corrected chi connectivity index (χ1v) is 9.33. The summed E-state index contributed by atoms with van der Waals surface area (Å²) in [6.07, 6.45) is 0.487. The van der Waals surface area contributed by atoms with Gasteiger partial charge in [0.05, 0.1) is 9.90 Å². The number of halogens is 2. The van der Waals surface area contributed by atoms with Crippen molar-refractivity contribution in [1.82, 2.24) is 0 Å². The summed E-state index contributed by atoms with van der Waals surface area (Å²) in [5.74, 6) is 0.223. The lowest BCUT2D eigenvalue weighted by Gasteiger charge is -2.09. The number of hydrogen-bond donors (Lipinski definition) is 0. The molecule has 1 aromatic heterocycles. The van der Waals surface area contributed by atoms with Crippen LogP contribution in [0.4, 0.5) is 0 Å². The number of hydrogen-bond acceptors (Lipinski definition) is 6. The topological polar surface area (TPSA) is 61.8 Å². The second-order valence-electron chi connectivity index (χ2n) is 5.38. The third kappa shape index (κ3) is 4.64. The predicted molar refractivity (Wildman–Crippen MR) is 102 cm³/mol. The van der Waals surface area contributed by atoms with Crippen molar-refractivity contribution < 1.29 is 23.8 Å². The van der Waals surface area contributed by atoms with E-state index >= 15 is 0 Å². The number of carbonyl (C=O) groups excluding carboxylic acids is 2. The number of fused-ring (bicyclic) bond motifs is 1. The normalized spacial score (nSPS) is 15.1. The number of thiophene rings is 1. The Balaban J connectivity index is 0.000000352. The van der Waals surface area contributed by atoms with Gasteiger partial charge in [-0.15, -0.1) is 11.3 Å². The average molecular weight is 417 g/mol. The van der Waals surface area contributed by atoms with Gasteiger partial charge in [0.1, 0.15) is 10.8 Å². The fraction of sp³-hybridized carbons (Fsp3) is 0.333. The van der Waals surface area contributed by atoms with Gasteiger partial charge in [-0.05, 0) is 24.4 Å². The Morgan fingerprint density at radius 1 is 1.35 bits per heavy atom. The lowest BCUT2D eigenvalue weighted by Crippen LogP contribution is -2.13. The Kier molecular flexibility index (Phi) is 7.61. The molecule has 0 amide bonds. The van der Waals surface area contributed by atoms with E-state index in [1.165, 1.54) is 11.3 Å². The summed E-state index contributed by atoms with van der Waals surface area (Å²) in [4.78, 5) is 23.8. The van der Waals surface area contributed by atoms with Crippen LogP contribution in [0, 0.1) is 0 Å². The fourth-order valence-electron chi connectivity index (χ4n) is 2.23. The van der Waals surface area contributed by atoms with E-state index < -0.39 is 6.10 Å². The molecule has 1 aliphatic heterocycles. The van der Waals surface area contributed by atoms with Crippen LogP contribution in [-0.2, 0) is 20.7 Å². The van der Waals surface area contributed by atoms with E-state index in [4.69, 9.17) is 27.9 Å². The molecule has 2 aromatic rings. The van der Waals surface area contributed by atoms with Crippen molar-refractivity contribution >= 4 is 46.6 Å². The van der Waals surface area contributed by atoms with E-state index in [0.29, 0.717) is 28.9 Å². The van der Waals surface area contributed by atoms with Crippen LogP contribution in [0.1, 0.15) is 27.7 Å². The molecule has 140 valence electrons. The van der Waals surface area contributed by atoms with Crippen LogP contribution >= 0.6 is 34.5 Å². The number of aldehydes is 1. The van der Waals surface area contributed by atoms with Gasteiger partial charge in [0.15, 0.2) is 18.7 Å². The van der Waals surface area contributed by atoms with E-state index in [9.17, 15) is 9.59 Å². The Labute approximate surface area is 165 Å². The zero-order chi connectivity index (χ0) is 19.3. The lowest BCUT2D eigenvalue weighted by atomic mass is 10.0. The molecule has 0 N–H and O–H groups in total. The number of rotatable bonds is 5. The van der Waals surface area contributed by atoms with Gasteiger partial charge in [0.2, 0.25) is 5.78 Å². The number of carbonyl (C=O) groups is 2. The number of benzene rings is 1. The largest absolute Gasteiger partial charge is 0.481 e. The molecule has 1 unspecified atom stereocenters. The van der Waals surface area contributed by atoms with Crippen LogP contribution in [0.15, 0.2) is 23.6 Å². The summed E-state index contributed by atoms with van der Waals surface area (Å²) in [6, 6.07) is 5.19. The first kappa shape index (κ1) is 20.9. The standard InChI is InChI=1S/C14H8Cl2O3S.C4H10O2/c15-11-9(13(18)10-2-1-3-20-10)5-7-4-8(6-17)19-14(7)12(11)16;1-4(5-2)6-3/h1-3,5-6,8H,4H2;4H,1-3H3. The molecule has 0 radical (unpaired) electrons. The molecule has 0 fully saturated rings. The maximum Gasteiger partial charge on any atom is 0.204 e. The van der Waals surface area contributed by atoms with Gasteiger partial charge in [-0.2, -0.15) is 0 Å². The van der Waals surface area contributed by atoms with Gasteiger partial charge in [0, 0.05) is 31.8 Å². The Morgan fingerprint density at radius 2 is 2.04 bits per heavy atom. The van der Waals surface area contributed by atoms with Crippen LogP contribution < -0.4 is 4.74 Å². The molecule has 26 heavy (non-hydrogen) atoms. The Bertz CT molecular complexity index is 772. The molecular formula is C18H18Cl2O5S. The fourth-order valence-corrected chi connectivity index (χ4v) is 3.40. The molecule has 0 saturated heterocycles. The third-order valence-corrected chi connectivity index (χ3v) is 5.45. The SMILES string of the molecule is COC(C)OC.O=CC1Cc2cc(C(=O)c3cccs3)c(Cl)c(Cl)c2O1. The zero-order valence-electron chi connectivity index (χ0n) is 14.5. The summed E-state index contributed by atoms with van der Waals surface area (Å²) < 4.78 is 14.8. The maximum atomic E-state index is 12.4. The number of ether oxygens (including phenoxy) is 3. The Morgan fingerprint density at radius 3 is 2.54 bits per heavy atom. The molecule has 0 bridgehead atoms. The first-order chi connectivity index (χ1) is 12.4. The van der Waals surface area contributed by atoms with Crippen molar-refractivity contribution in [3.63, 3.8) is 0 Å². The average Bonchev–Trinajstić information content (AvgIpc) is 3.33. The van der Waals surface area contributed by atoms with Gasteiger partial charge in [-0.3, -0.25) is 9.59 Å². The Hall–Kier alpha value is -1.44. The van der Waals surface area contributed by atoms with Crippen LogP contribution in [0.3, 0.4) is 0 Å². The van der Waals surface area contributed by atoms with Crippen LogP contribution in [-0.4, -0.2) is 38.7 Å². The molecule has 2 heterocycles. The van der Waals surface area contributed by atoms with Crippen molar-refractivity contribution in [2.45, 2.75) is 25.7 Å². The van der Waals surface area contributed by atoms with Gasteiger partial charge >= 0.3 is 0 Å². The molecule has 3 rings (SSSR count). The van der Waals surface area contributed by atoms with Crippen molar-refractivity contribution in [2.75, 3.05) is 14.2 Å². The van der Waals surface area contributed by atoms with Gasteiger partial charge in [-0.1, -0.05) is 29.3 Å². The first-order valence-electron chi connectivity index (χ1n) is 7.69. The van der Waals surface area contributed by atoms with Crippen molar-refractivity contribution in [2.24, 2.45) is 0 Å². The highest BCUT2D eigenvalue weighted by atomic mass is 35.5. The summed E-state index contributed by atoms with van der Waals surface area (Å²) >= 11 is 13.7. The van der Waals surface area contributed by atoms with E-state index in [0.717, 1.165) is 5.56 Å². The zero-order valence-corrected chi connectivity index (χ0v) is 16.8. The summed E-state index contributed by atoms with van der Waals surface area (Å²) in [6.45, 7) is 1.83. The molecular weight excluding hydrogens is 399 g/mol. The molecule has 1 aliphatic rings. The van der Waals surface area contributed by atoms with E-state index in [2.05, 4.69) is 9.47 Å². The third-order valence-electron chi connectivity index (χ3n) is 3.73. The highest BCUT2D eigenvalue weighted by Gasteiger charge is 2.29. The molecule has 8 heteroatoms. The van der Waals surface area contributed by atoms with E-state index in [1.807, 2.05) is 12.3 Å². The quantitative estimate of drug-likeness (QED) is 0.410. The van der Waals surface area contributed by atoms with Crippen LogP contribution in [0.25, 0.3) is 0 Å². The number of methoxy groups -OCH3 is 2. The smallest absolute Gasteiger partial charge is 0.204 e. The molecule has 0 spiro atoms. The number of ketones is 1. The maximum absolute atomic E-state index is 12.4. The lowest BCUT2D eigenvalue weighted by molar-refractivity contribution is -0.113. The van der Waals surface area contributed by atoms with Crippen molar-refractivity contribution in [1.29, 1.82) is 0 Å². The van der Waals surface area contributed by atoms with Crippen molar-refractivity contribution in [3.05, 3.63) is 49.6 Å².